The zero-order chi connectivity index (χ0) is 19.2. The van der Waals surface area contributed by atoms with Gasteiger partial charge in [-0.1, -0.05) is 36.9 Å². The number of rotatable bonds is 8. The molecule has 2 rings (SSSR count). The van der Waals surface area contributed by atoms with E-state index in [1.165, 1.54) is 0 Å². The fraction of sp³-hybridized carbons (Fsp3) is 0.211. The highest BCUT2D eigenvalue weighted by Crippen LogP contribution is 2.22. The van der Waals surface area contributed by atoms with Crippen molar-refractivity contribution >= 4 is 27.3 Å². The van der Waals surface area contributed by atoms with E-state index in [1.807, 2.05) is 0 Å². The van der Waals surface area contributed by atoms with Gasteiger partial charge in [0.2, 0.25) is 15.9 Å². The van der Waals surface area contributed by atoms with Crippen LogP contribution in [-0.4, -0.2) is 33.2 Å². The summed E-state index contributed by atoms with van der Waals surface area (Å²) in [5, 5.41) is 2.73. The van der Waals surface area contributed by atoms with Gasteiger partial charge in [0, 0.05) is 11.8 Å². The Labute approximate surface area is 154 Å². The van der Waals surface area contributed by atoms with Crippen LogP contribution in [0.2, 0.25) is 0 Å². The van der Waals surface area contributed by atoms with Gasteiger partial charge in [-0.15, -0.1) is 0 Å². The lowest BCUT2D eigenvalue weighted by molar-refractivity contribution is -0.116. The molecular weight excluding hydrogens is 352 g/mol. The fourth-order valence-corrected chi connectivity index (χ4v) is 3.62. The number of carbonyl (C=O) groups is 1. The molecule has 0 bridgehead atoms. The Hall–Kier alpha value is -2.80. The Bertz CT molecular complexity index is 866. The quantitative estimate of drug-likeness (QED) is 0.721. The van der Waals surface area contributed by atoms with Gasteiger partial charge in [-0.25, -0.2) is 8.42 Å². The Balaban J connectivity index is 2.20. The molecule has 0 aliphatic rings. The molecule has 1 N–H and O–H groups in total. The van der Waals surface area contributed by atoms with Gasteiger partial charge in [0.25, 0.3) is 0 Å². The summed E-state index contributed by atoms with van der Waals surface area (Å²) in [6.45, 7) is 5.48. The van der Waals surface area contributed by atoms with Crippen molar-refractivity contribution in [3.8, 4) is 5.75 Å². The molecule has 0 unspecified atom stereocenters. The molecule has 2 aromatic rings. The van der Waals surface area contributed by atoms with E-state index in [4.69, 9.17) is 4.74 Å². The Morgan fingerprint density at radius 3 is 2.54 bits per heavy atom. The fourth-order valence-electron chi connectivity index (χ4n) is 2.45. The zero-order valence-electron chi connectivity index (χ0n) is 14.8. The van der Waals surface area contributed by atoms with Crippen molar-refractivity contribution in [1.29, 1.82) is 0 Å². The SMILES string of the molecule is C=CCOc1cccc(NC(=O)[C@H](C)N(c2ccccc2)S(C)(=O)=O)c1. The van der Waals surface area contributed by atoms with Gasteiger partial charge in [-0.2, -0.15) is 0 Å². The number of hydrogen-bond donors (Lipinski definition) is 1. The molecular formula is C19H22N2O4S. The predicted molar refractivity (Wildman–Crippen MR) is 104 cm³/mol. The summed E-state index contributed by atoms with van der Waals surface area (Å²) >= 11 is 0. The predicted octanol–water partition coefficient (Wildman–Crippen LogP) is 3.04. The summed E-state index contributed by atoms with van der Waals surface area (Å²) in [4.78, 5) is 12.6. The molecule has 0 aromatic heterocycles. The standard InChI is InChI=1S/C19H22N2O4S/c1-4-13-25-18-12-8-9-16(14-18)20-19(22)15(2)21(26(3,23)24)17-10-6-5-7-11-17/h4-12,14-15H,1,13H2,2-3H3,(H,20,22)/t15-/m0/s1. The summed E-state index contributed by atoms with van der Waals surface area (Å²) in [5.41, 5.74) is 0.950. The zero-order valence-corrected chi connectivity index (χ0v) is 15.6. The lowest BCUT2D eigenvalue weighted by Gasteiger charge is -2.28. The number of nitrogens with zero attached hydrogens (tertiary/aromatic N) is 1. The largest absolute Gasteiger partial charge is 0.489 e. The first kappa shape index (κ1) is 19.5. The molecule has 7 heteroatoms. The maximum absolute atomic E-state index is 12.6. The average molecular weight is 374 g/mol. The first-order chi connectivity index (χ1) is 12.3. The van der Waals surface area contributed by atoms with Crippen LogP contribution in [-0.2, 0) is 14.8 Å². The van der Waals surface area contributed by atoms with Gasteiger partial charge in [0.15, 0.2) is 0 Å². The Morgan fingerprint density at radius 2 is 1.92 bits per heavy atom. The number of ether oxygens (including phenoxy) is 1. The maximum Gasteiger partial charge on any atom is 0.247 e. The van der Waals surface area contributed by atoms with Gasteiger partial charge in [0.05, 0.1) is 11.9 Å². The number of nitrogens with one attached hydrogen (secondary N) is 1. The number of anilines is 2. The molecule has 138 valence electrons. The third-order valence-electron chi connectivity index (χ3n) is 3.57. The number of para-hydroxylation sites is 1. The van der Waals surface area contributed by atoms with Gasteiger partial charge < -0.3 is 10.1 Å². The van der Waals surface area contributed by atoms with Crippen LogP contribution in [0.15, 0.2) is 67.3 Å². The third-order valence-corrected chi connectivity index (χ3v) is 4.81. The van der Waals surface area contributed by atoms with E-state index in [0.717, 1.165) is 10.6 Å². The first-order valence-corrected chi connectivity index (χ1v) is 9.87. The molecule has 0 saturated heterocycles. The van der Waals surface area contributed by atoms with Crippen molar-refractivity contribution in [1.82, 2.24) is 0 Å². The van der Waals surface area contributed by atoms with Crippen LogP contribution in [0.5, 0.6) is 5.75 Å². The summed E-state index contributed by atoms with van der Waals surface area (Å²) in [6, 6.07) is 14.5. The van der Waals surface area contributed by atoms with Crippen molar-refractivity contribution < 1.29 is 17.9 Å². The van der Waals surface area contributed by atoms with Crippen molar-refractivity contribution in [2.24, 2.45) is 0 Å². The molecule has 0 aliphatic carbocycles. The van der Waals surface area contributed by atoms with Crippen LogP contribution in [0.3, 0.4) is 0 Å². The number of carbonyl (C=O) groups excluding carboxylic acids is 1. The van der Waals surface area contributed by atoms with Gasteiger partial charge in [-0.3, -0.25) is 9.10 Å². The highest BCUT2D eigenvalue weighted by atomic mass is 32.2. The molecule has 0 radical (unpaired) electrons. The van der Waals surface area contributed by atoms with Gasteiger partial charge in [0.1, 0.15) is 18.4 Å². The summed E-state index contributed by atoms with van der Waals surface area (Å²) < 4.78 is 31.0. The summed E-state index contributed by atoms with van der Waals surface area (Å²) in [5.74, 6) is 0.138. The van der Waals surface area contributed by atoms with Gasteiger partial charge >= 0.3 is 0 Å². The van der Waals surface area contributed by atoms with E-state index >= 15 is 0 Å². The summed E-state index contributed by atoms with van der Waals surface area (Å²) in [6.07, 6.45) is 2.70. The second-order valence-electron chi connectivity index (χ2n) is 5.69. The minimum Gasteiger partial charge on any atom is -0.489 e. The number of sulfonamides is 1. The highest BCUT2D eigenvalue weighted by molar-refractivity contribution is 7.92. The van der Waals surface area contributed by atoms with E-state index in [9.17, 15) is 13.2 Å². The molecule has 2 aromatic carbocycles. The highest BCUT2D eigenvalue weighted by Gasteiger charge is 2.29. The molecule has 26 heavy (non-hydrogen) atoms. The number of hydrogen-bond acceptors (Lipinski definition) is 4. The Kier molecular flexibility index (Phi) is 6.41. The van der Waals surface area contributed by atoms with Crippen LogP contribution in [0, 0.1) is 0 Å². The normalized spacial score (nSPS) is 12.1. The van der Waals surface area contributed by atoms with Crippen LogP contribution in [0.4, 0.5) is 11.4 Å². The van der Waals surface area contributed by atoms with E-state index in [1.54, 1.807) is 67.6 Å². The van der Waals surface area contributed by atoms with Crippen LogP contribution in [0.25, 0.3) is 0 Å². The average Bonchev–Trinajstić information content (AvgIpc) is 2.60. The molecule has 0 heterocycles. The van der Waals surface area contributed by atoms with E-state index < -0.39 is 22.0 Å². The smallest absolute Gasteiger partial charge is 0.247 e. The first-order valence-electron chi connectivity index (χ1n) is 8.02. The van der Waals surface area contributed by atoms with Crippen LogP contribution < -0.4 is 14.4 Å². The number of benzene rings is 2. The van der Waals surface area contributed by atoms with Crippen molar-refractivity contribution in [2.45, 2.75) is 13.0 Å². The van der Waals surface area contributed by atoms with Crippen LogP contribution >= 0.6 is 0 Å². The van der Waals surface area contributed by atoms with Crippen molar-refractivity contribution in [2.75, 3.05) is 22.5 Å². The number of amides is 1. The minimum absolute atomic E-state index is 0.351. The maximum atomic E-state index is 12.6. The van der Waals surface area contributed by atoms with Crippen LogP contribution in [0.1, 0.15) is 6.92 Å². The monoisotopic (exact) mass is 374 g/mol. The molecule has 0 spiro atoms. The lowest BCUT2D eigenvalue weighted by Crippen LogP contribution is -2.45. The summed E-state index contributed by atoms with van der Waals surface area (Å²) in [7, 11) is -3.64. The third kappa shape index (κ3) is 5.10. The van der Waals surface area contributed by atoms with E-state index in [2.05, 4.69) is 11.9 Å². The molecule has 0 saturated carbocycles. The van der Waals surface area contributed by atoms with Crippen molar-refractivity contribution in [3.63, 3.8) is 0 Å². The van der Waals surface area contributed by atoms with Crippen molar-refractivity contribution in [3.05, 3.63) is 67.3 Å². The minimum atomic E-state index is -3.64. The Morgan fingerprint density at radius 1 is 1.23 bits per heavy atom. The van der Waals surface area contributed by atoms with Gasteiger partial charge in [-0.05, 0) is 31.2 Å². The van der Waals surface area contributed by atoms with E-state index in [0.29, 0.717) is 23.7 Å². The second kappa shape index (κ2) is 8.53. The topological polar surface area (TPSA) is 75.7 Å². The van der Waals surface area contributed by atoms with E-state index in [-0.39, 0.29) is 0 Å². The second-order valence-corrected chi connectivity index (χ2v) is 7.55. The molecule has 0 fully saturated rings. The molecule has 1 atom stereocenters. The molecule has 6 nitrogen and oxygen atoms in total. The molecule has 0 aliphatic heterocycles. The lowest BCUT2D eigenvalue weighted by atomic mass is 10.2. The molecule has 1 amide bonds.